The highest BCUT2D eigenvalue weighted by Gasteiger charge is 2.28. The van der Waals surface area contributed by atoms with Crippen molar-refractivity contribution in [2.75, 3.05) is 18.1 Å². The molecule has 4 heterocycles. The van der Waals surface area contributed by atoms with Crippen LogP contribution in [-0.4, -0.2) is 35.4 Å². The predicted molar refractivity (Wildman–Crippen MR) is 129 cm³/mol. The van der Waals surface area contributed by atoms with Crippen LogP contribution in [0.15, 0.2) is 34.6 Å². The van der Waals surface area contributed by atoms with Crippen molar-refractivity contribution in [3.8, 4) is 0 Å². The summed E-state index contributed by atoms with van der Waals surface area (Å²) in [5, 5.41) is 0.291. The normalized spacial score (nSPS) is 23.3. The van der Waals surface area contributed by atoms with Crippen LogP contribution in [0.1, 0.15) is 64.6 Å². The molecule has 1 aromatic rings. The van der Waals surface area contributed by atoms with Crippen molar-refractivity contribution >= 4 is 29.2 Å². The molecule has 1 saturated heterocycles. The van der Waals surface area contributed by atoms with Crippen molar-refractivity contribution in [1.82, 2.24) is 9.97 Å². The fourth-order valence-corrected chi connectivity index (χ4v) is 4.80. The molecule has 4 rings (SSSR count). The SMILES string of the molecule is CCC(C)C1=C(C)C(C)C=C(c2nc(Cl)nc3c2CCC=CN3C2CCOCC2)C=N1. The molecule has 3 aliphatic rings. The quantitative estimate of drug-likeness (QED) is 0.539. The molecule has 0 bridgehead atoms. The molecule has 0 aliphatic carbocycles. The molecule has 0 radical (unpaired) electrons. The van der Waals surface area contributed by atoms with Gasteiger partial charge in [0, 0.05) is 48.5 Å². The standard InChI is InChI=1S/C25H33ClN4O/c1-5-16(2)22-18(4)17(3)14-19(15-27-22)23-21-8-6-7-11-30(20-9-12-31-13-10-20)24(21)29-25(26)28-23/h7,11,14-17,20H,5-6,8-10,12-13H2,1-4H3. The fourth-order valence-electron chi connectivity index (χ4n) is 4.63. The van der Waals surface area contributed by atoms with Gasteiger partial charge in [-0.1, -0.05) is 32.9 Å². The summed E-state index contributed by atoms with van der Waals surface area (Å²) in [7, 11) is 0. The maximum Gasteiger partial charge on any atom is 0.224 e. The van der Waals surface area contributed by atoms with Crippen LogP contribution in [0.3, 0.4) is 0 Å². The van der Waals surface area contributed by atoms with Gasteiger partial charge >= 0.3 is 0 Å². The third kappa shape index (κ3) is 4.63. The smallest absolute Gasteiger partial charge is 0.224 e. The van der Waals surface area contributed by atoms with Crippen molar-refractivity contribution in [2.45, 2.75) is 65.8 Å². The van der Waals surface area contributed by atoms with Gasteiger partial charge in [0.15, 0.2) is 0 Å². The highest BCUT2D eigenvalue weighted by Crippen LogP contribution is 2.36. The zero-order valence-electron chi connectivity index (χ0n) is 19.1. The van der Waals surface area contributed by atoms with E-state index in [0.29, 0.717) is 23.2 Å². The minimum atomic E-state index is 0.291. The molecule has 0 N–H and O–H groups in total. The van der Waals surface area contributed by atoms with Crippen LogP contribution < -0.4 is 4.90 Å². The fraction of sp³-hybridized carbons (Fsp3) is 0.560. The van der Waals surface area contributed by atoms with Gasteiger partial charge in [-0.2, -0.15) is 4.98 Å². The Morgan fingerprint density at radius 3 is 2.77 bits per heavy atom. The number of anilines is 1. The Morgan fingerprint density at radius 2 is 2.03 bits per heavy atom. The van der Waals surface area contributed by atoms with E-state index in [2.05, 4.69) is 50.9 Å². The second-order valence-corrected chi connectivity index (χ2v) is 9.20. The lowest BCUT2D eigenvalue weighted by atomic mass is 9.92. The monoisotopic (exact) mass is 440 g/mol. The number of hydrogen-bond donors (Lipinski definition) is 0. The number of allylic oxidation sites excluding steroid dienone is 5. The molecule has 1 aromatic heterocycles. The molecule has 0 amide bonds. The van der Waals surface area contributed by atoms with Crippen LogP contribution in [-0.2, 0) is 11.2 Å². The summed E-state index contributed by atoms with van der Waals surface area (Å²) in [6.45, 7) is 10.5. The van der Waals surface area contributed by atoms with Gasteiger partial charge in [0.2, 0.25) is 5.28 Å². The van der Waals surface area contributed by atoms with E-state index < -0.39 is 0 Å². The van der Waals surface area contributed by atoms with E-state index in [1.807, 2.05) is 6.21 Å². The number of nitrogens with zero attached hydrogens (tertiary/aromatic N) is 4. The Bertz CT molecular complexity index is 943. The van der Waals surface area contributed by atoms with Crippen LogP contribution in [0.2, 0.25) is 5.28 Å². The predicted octanol–water partition coefficient (Wildman–Crippen LogP) is 6.00. The van der Waals surface area contributed by atoms with Crippen molar-refractivity contribution in [1.29, 1.82) is 0 Å². The molecule has 166 valence electrons. The van der Waals surface area contributed by atoms with Crippen LogP contribution >= 0.6 is 11.6 Å². The number of ether oxygens (including phenoxy) is 1. The molecule has 3 aliphatic heterocycles. The second kappa shape index (κ2) is 9.66. The van der Waals surface area contributed by atoms with Gasteiger partial charge in [-0.05, 0) is 68.0 Å². The topological polar surface area (TPSA) is 50.6 Å². The first-order chi connectivity index (χ1) is 15.0. The maximum atomic E-state index is 6.49. The van der Waals surface area contributed by atoms with Gasteiger partial charge in [-0.15, -0.1) is 0 Å². The summed E-state index contributed by atoms with van der Waals surface area (Å²) in [6, 6.07) is 0.372. The lowest BCUT2D eigenvalue weighted by Gasteiger charge is -2.33. The van der Waals surface area contributed by atoms with E-state index in [9.17, 15) is 0 Å². The van der Waals surface area contributed by atoms with Gasteiger partial charge in [-0.3, -0.25) is 4.99 Å². The molecular weight excluding hydrogens is 408 g/mol. The average Bonchev–Trinajstić information content (AvgIpc) is 3.08. The Labute approximate surface area is 191 Å². The summed E-state index contributed by atoms with van der Waals surface area (Å²) in [5.74, 6) is 1.67. The van der Waals surface area contributed by atoms with Gasteiger partial charge in [0.25, 0.3) is 0 Å². The minimum Gasteiger partial charge on any atom is -0.381 e. The van der Waals surface area contributed by atoms with E-state index in [1.54, 1.807) is 0 Å². The first kappa shape index (κ1) is 22.2. The largest absolute Gasteiger partial charge is 0.381 e. The number of hydrogen-bond acceptors (Lipinski definition) is 5. The molecule has 0 aromatic carbocycles. The summed E-state index contributed by atoms with van der Waals surface area (Å²) < 4.78 is 5.59. The van der Waals surface area contributed by atoms with Crippen LogP contribution in [0, 0.1) is 11.8 Å². The molecule has 2 atom stereocenters. The van der Waals surface area contributed by atoms with E-state index in [-0.39, 0.29) is 0 Å². The van der Waals surface area contributed by atoms with Crippen LogP contribution in [0.25, 0.3) is 5.57 Å². The summed E-state index contributed by atoms with van der Waals surface area (Å²) in [4.78, 5) is 16.7. The summed E-state index contributed by atoms with van der Waals surface area (Å²) in [5.41, 5.74) is 5.65. The zero-order valence-corrected chi connectivity index (χ0v) is 19.8. The molecule has 0 saturated carbocycles. The third-order valence-electron chi connectivity index (χ3n) is 6.83. The number of halogens is 1. The van der Waals surface area contributed by atoms with Crippen LogP contribution in [0.4, 0.5) is 5.82 Å². The number of aliphatic imine (C=N–C) groups is 1. The summed E-state index contributed by atoms with van der Waals surface area (Å²) >= 11 is 6.49. The number of aromatic nitrogens is 2. The van der Waals surface area contributed by atoms with E-state index >= 15 is 0 Å². The molecule has 1 fully saturated rings. The second-order valence-electron chi connectivity index (χ2n) is 8.86. The van der Waals surface area contributed by atoms with E-state index in [1.165, 1.54) is 11.3 Å². The number of rotatable bonds is 4. The van der Waals surface area contributed by atoms with Crippen molar-refractivity contribution in [3.63, 3.8) is 0 Å². The highest BCUT2D eigenvalue weighted by atomic mass is 35.5. The molecular formula is C25H33ClN4O. The molecule has 5 nitrogen and oxygen atoms in total. The van der Waals surface area contributed by atoms with Gasteiger partial charge in [0.05, 0.1) is 5.69 Å². The van der Waals surface area contributed by atoms with Crippen molar-refractivity contribution < 1.29 is 4.74 Å². The first-order valence-electron chi connectivity index (χ1n) is 11.6. The molecule has 6 heteroatoms. The minimum absolute atomic E-state index is 0.291. The van der Waals surface area contributed by atoms with Gasteiger partial charge < -0.3 is 9.64 Å². The molecule has 2 unspecified atom stereocenters. The Morgan fingerprint density at radius 1 is 1.26 bits per heavy atom. The Hall–Kier alpha value is -1.98. The first-order valence-corrected chi connectivity index (χ1v) is 11.9. The number of fused-ring (bicyclic) bond motifs is 1. The third-order valence-corrected chi connectivity index (χ3v) is 6.99. The van der Waals surface area contributed by atoms with Crippen molar-refractivity contribution in [2.24, 2.45) is 16.8 Å². The molecule has 0 spiro atoms. The maximum absolute atomic E-state index is 6.49. The summed E-state index contributed by atoms with van der Waals surface area (Å²) in [6.07, 6.45) is 13.6. The lowest BCUT2D eigenvalue weighted by molar-refractivity contribution is 0.0861. The highest BCUT2D eigenvalue weighted by molar-refractivity contribution is 6.28. The average molecular weight is 441 g/mol. The van der Waals surface area contributed by atoms with E-state index in [4.69, 9.17) is 31.3 Å². The van der Waals surface area contributed by atoms with Crippen LogP contribution in [0.5, 0.6) is 0 Å². The van der Waals surface area contributed by atoms with Gasteiger partial charge in [-0.25, -0.2) is 4.98 Å². The van der Waals surface area contributed by atoms with Crippen molar-refractivity contribution in [3.05, 3.63) is 46.2 Å². The Balaban J connectivity index is 1.77. The lowest BCUT2D eigenvalue weighted by Crippen LogP contribution is -2.37. The Kier molecular flexibility index (Phi) is 6.92. The van der Waals surface area contributed by atoms with E-state index in [0.717, 1.165) is 68.0 Å². The van der Waals surface area contributed by atoms with Gasteiger partial charge in [0.1, 0.15) is 5.82 Å². The zero-order chi connectivity index (χ0) is 22.0. The molecule has 31 heavy (non-hydrogen) atoms.